The lowest BCUT2D eigenvalue weighted by atomic mass is 10.1. The number of hydrogen-bond acceptors (Lipinski definition) is 1. The minimum Gasteiger partial charge on any atom is -0.337 e. The van der Waals surface area contributed by atoms with Crippen LogP contribution in [0, 0.1) is 6.92 Å². The molecule has 1 aromatic rings. The SMILES string of the molecule is [CH2]c1cccc(C(=O)N(CCBr)CCBr)c1. The van der Waals surface area contributed by atoms with Crippen LogP contribution in [0.25, 0.3) is 0 Å². The summed E-state index contributed by atoms with van der Waals surface area (Å²) in [6.45, 7) is 5.25. The summed E-state index contributed by atoms with van der Waals surface area (Å²) in [7, 11) is 0. The molecule has 87 valence electrons. The van der Waals surface area contributed by atoms with Gasteiger partial charge in [-0.05, 0) is 24.6 Å². The van der Waals surface area contributed by atoms with Gasteiger partial charge in [0.1, 0.15) is 0 Å². The number of halogens is 2. The normalized spacial score (nSPS) is 10.2. The van der Waals surface area contributed by atoms with Gasteiger partial charge in [0.25, 0.3) is 5.91 Å². The highest BCUT2D eigenvalue weighted by atomic mass is 79.9. The molecule has 0 fully saturated rings. The average Bonchev–Trinajstić information content (AvgIpc) is 2.28. The Labute approximate surface area is 113 Å². The fourth-order valence-corrected chi connectivity index (χ4v) is 2.26. The van der Waals surface area contributed by atoms with Crippen molar-refractivity contribution in [2.75, 3.05) is 23.7 Å². The highest BCUT2D eigenvalue weighted by molar-refractivity contribution is 9.09. The second kappa shape index (κ2) is 7.07. The number of rotatable bonds is 5. The van der Waals surface area contributed by atoms with Crippen LogP contribution in [-0.4, -0.2) is 34.6 Å². The molecule has 4 heteroatoms. The van der Waals surface area contributed by atoms with Crippen LogP contribution in [0.2, 0.25) is 0 Å². The first-order valence-corrected chi connectivity index (χ1v) is 7.26. The topological polar surface area (TPSA) is 20.3 Å². The summed E-state index contributed by atoms with van der Waals surface area (Å²) < 4.78 is 0. The predicted molar refractivity (Wildman–Crippen MR) is 74.4 cm³/mol. The van der Waals surface area contributed by atoms with Gasteiger partial charge in [0.05, 0.1) is 0 Å². The van der Waals surface area contributed by atoms with E-state index in [0.29, 0.717) is 18.7 Å². The van der Waals surface area contributed by atoms with Crippen molar-refractivity contribution < 1.29 is 4.79 Å². The Morgan fingerprint density at radius 1 is 1.25 bits per heavy atom. The molecule has 1 amide bonds. The van der Waals surface area contributed by atoms with Crippen LogP contribution in [0.1, 0.15) is 15.9 Å². The molecule has 0 bridgehead atoms. The number of amides is 1. The maximum atomic E-state index is 12.1. The minimum absolute atomic E-state index is 0.0596. The molecule has 0 spiro atoms. The molecular formula is C12H14Br2NO. The summed E-state index contributed by atoms with van der Waals surface area (Å²) in [5, 5.41) is 1.58. The van der Waals surface area contributed by atoms with E-state index in [-0.39, 0.29) is 5.91 Å². The van der Waals surface area contributed by atoms with Crippen molar-refractivity contribution in [3.63, 3.8) is 0 Å². The van der Waals surface area contributed by atoms with E-state index >= 15 is 0 Å². The molecule has 0 unspecified atom stereocenters. The first kappa shape index (κ1) is 13.7. The highest BCUT2D eigenvalue weighted by Gasteiger charge is 2.14. The van der Waals surface area contributed by atoms with E-state index in [9.17, 15) is 4.79 Å². The fourth-order valence-electron chi connectivity index (χ4n) is 1.41. The molecule has 0 atom stereocenters. The van der Waals surface area contributed by atoms with Crippen LogP contribution in [0.3, 0.4) is 0 Å². The second-order valence-electron chi connectivity index (χ2n) is 3.37. The molecule has 1 radical (unpaired) electrons. The smallest absolute Gasteiger partial charge is 0.253 e. The Balaban J connectivity index is 2.81. The van der Waals surface area contributed by atoms with Crippen LogP contribution < -0.4 is 0 Å². The third-order valence-electron chi connectivity index (χ3n) is 2.17. The fraction of sp³-hybridized carbons (Fsp3) is 0.333. The van der Waals surface area contributed by atoms with Crippen LogP contribution in [0.5, 0.6) is 0 Å². The zero-order valence-corrected chi connectivity index (χ0v) is 12.1. The Bertz CT molecular complexity index is 349. The van der Waals surface area contributed by atoms with Gasteiger partial charge < -0.3 is 4.90 Å². The highest BCUT2D eigenvalue weighted by Crippen LogP contribution is 2.08. The number of nitrogens with zero attached hydrogens (tertiary/aromatic N) is 1. The summed E-state index contributed by atoms with van der Waals surface area (Å²) >= 11 is 6.71. The standard InChI is InChI=1S/C12H14Br2NO/c1-10-3-2-4-11(9-10)12(16)15(7-5-13)8-6-14/h2-4,9H,1,5-8H2. The summed E-state index contributed by atoms with van der Waals surface area (Å²) in [4.78, 5) is 14.0. The zero-order chi connectivity index (χ0) is 12.0. The van der Waals surface area contributed by atoms with E-state index in [1.807, 2.05) is 29.2 Å². The molecule has 0 aliphatic heterocycles. The lowest BCUT2D eigenvalue weighted by Gasteiger charge is -2.20. The van der Waals surface area contributed by atoms with E-state index in [4.69, 9.17) is 0 Å². The molecule has 16 heavy (non-hydrogen) atoms. The van der Waals surface area contributed by atoms with E-state index in [0.717, 1.165) is 16.2 Å². The van der Waals surface area contributed by atoms with Gasteiger partial charge in [-0.2, -0.15) is 0 Å². The molecule has 1 aromatic carbocycles. The molecule has 2 nitrogen and oxygen atoms in total. The maximum absolute atomic E-state index is 12.1. The van der Waals surface area contributed by atoms with Gasteiger partial charge in [0.15, 0.2) is 0 Å². The van der Waals surface area contributed by atoms with Crippen molar-refractivity contribution in [2.45, 2.75) is 0 Å². The van der Waals surface area contributed by atoms with Gasteiger partial charge >= 0.3 is 0 Å². The Kier molecular flexibility index (Phi) is 6.06. The van der Waals surface area contributed by atoms with Crippen LogP contribution in [0.15, 0.2) is 24.3 Å². The van der Waals surface area contributed by atoms with Gasteiger partial charge in [-0.15, -0.1) is 0 Å². The molecule has 0 saturated heterocycles. The van der Waals surface area contributed by atoms with Crippen molar-refractivity contribution in [2.24, 2.45) is 0 Å². The maximum Gasteiger partial charge on any atom is 0.253 e. The lowest BCUT2D eigenvalue weighted by Crippen LogP contribution is -2.34. The van der Waals surface area contributed by atoms with Crippen LogP contribution in [0.4, 0.5) is 0 Å². The molecule has 1 rings (SSSR count). The first-order valence-electron chi connectivity index (χ1n) is 5.02. The Morgan fingerprint density at radius 2 is 1.88 bits per heavy atom. The average molecular weight is 348 g/mol. The quantitative estimate of drug-likeness (QED) is 0.749. The van der Waals surface area contributed by atoms with Gasteiger partial charge in [0.2, 0.25) is 0 Å². The number of carbonyl (C=O) groups excluding carboxylic acids is 1. The van der Waals surface area contributed by atoms with Crippen molar-refractivity contribution in [3.8, 4) is 0 Å². The number of benzene rings is 1. The molecule has 0 heterocycles. The second-order valence-corrected chi connectivity index (χ2v) is 4.96. The van der Waals surface area contributed by atoms with E-state index in [1.54, 1.807) is 0 Å². The number of hydrogen-bond donors (Lipinski definition) is 0. The van der Waals surface area contributed by atoms with Crippen molar-refractivity contribution in [1.29, 1.82) is 0 Å². The predicted octanol–water partition coefficient (Wildman–Crippen LogP) is 3.10. The van der Waals surface area contributed by atoms with Crippen molar-refractivity contribution >= 4 is 37.8 Å². The summed E-state index contributed by atoms with van der Waals surface area (Å²) in [6, 6.07) is 7.39. The van der Waals surface area contributed by atoms with Crippen molar-refractivity contribution in [1.82, 2.24) is 4.90 Å². The minimum atomic E-state index is 0.0596. The summed E-state index contributed by atoms with van der Waals surface area (Å²) in [5.74, 6) is 0.0596. The summed E-state index contributed by atoms with van der Waals surface area (Å²) in [5.41, 5.74) is 1.57. The van der Waals surface area contributed by atoms with Crippen LogP contribution in [-0.2, 0) is 0 Å². The molecule has 0 saturated carbocycles. The molecule has 0 aromatic heterocycles. The van der Waals surface area contributed by atoms with Crippen molar-refractivity contribution in [3.05, 3.63) is 42.3 Å². The third kappa shape index (κ3) is 3.91. The third-order valence-corrected chi connectivity index (χ3v) is 2.88. The van der Waals surface area contributed by atoms with E-state index in [1.165, 1.54) is 0 Å². The number of carbonyl (C=O) groups is 1. The van der Waals surface area contributed by atoms with Gasteiger partial charge in [-0.25, -0.2) is 0 Å². The van der Waals surface area contributed by atoms with E-state index < -0.39 is 0 Å². The molecule has 0 N–H and O–H groups in total. The Hall–Kier alpha value is -0.350. The van der Waals surface area contributed by atoms with Gasteiger partial charge in [0, 0.05) is 29.3 Å². The Morgan fingerprint density at radius 3 is 2.38 bits per heavy atom. The van der Waals surface area contributed by atoms with Gasteiger partial charge in [-0.1, -0.05) is 44.0 Å². The number of alkyl halides is 2. The van der Waals surface area contributed by atoms with Gasteiger partial charge in [-0.3, -0.25) is 4.79 Å². The molecule has 0 aliphatic rings. The zero-order valence-electron chi connectivity index (χ0n) is 8.96. The first-order chi connectivity index (χ1) is 7.69. The largest absolute Gasteiger partial charge is 0.337 e. The summed E-state index contributed by atoms with van der Waals surface area (Å²) in [6.07, 6.45) is 0. The van der Waals surface area contributed by atoms with Crippen LogP contribution >= 0.6 is 31.9 Å². The van der Waals surface area contributed by atoms with E-state index in [2.05, 4.69) is 38.8 Å². The monoisotopic (exact) mass is 346 g/mol. The molecule has 0 aliphatic carbocycles. The lowest BCUT2D eigenvalue weighted by molar-refractivity contribution is 0.0777. The molecular weight excluding hydrogens is 334 g/mol.